The average molecular weight is 497 g/mol. The van der Waals surface area contributed by atoms with Crippen molar-refractivity contribution in [2.24, 2.45) is 5.73 Å². The molecule has 1 heterocycles. The Balaban J connectivity index is 1.81. The van der Waals surface area contributed by atoms with Gasteiger partial charge in [-0.1, -0.05) is 42.5 Å². The highest BCUT2D eigenvalue weighted by molar-refractivity contribution is 5.98. The van der Waals surface area contributed by atoms with Gasteiger partial charge in [-0.3, -0.25) is 14.4 Å². The number of nitrogens with two attached hydrogens (primary N) is 1. The Morgan fingerprint density at radius 2 is 1.47 bits per heavy atom. The van der Waals surface area contributed by atoms with Crippen molar-refractivity contribution in [2.45, 2.75) is 50.4 Å². The number of primary amides is 1. The van der Waals surface area contributed by atoms with E-state index in [0.29, 0.717) is 5.75 Å². The summed E-state index contributed by atoms with van der Waals surface area (Å²) in [6, 6.07) is 12.7. The molecule has 3 rings (SSSR count). The number of hydrogen-bond acceptors (Lipinski definition) is 6. The number of Topliss-reactive ketones (excluding diaryl/α,β-unsaturated/α-hetero) is 1. The summed E-state index contributed by atoms with van der Waals surface area (Å²) in [6.07, 6.45) is 0.415. The molecule has 0 aromatic heterocycles. The topological polar surface area (TPSA) is 152 Å². The van der Waals surface area contributed by atoms with Gasteiger partial charge in [-0.25, -0.2) is 4.79 Å². The van der Waals surface area contributed by atoms with Crippen LogP contribution in [0.2, 0.25) is 0 Å². The summed E-state index contributed by atoms with van der Waals surface area (Å²) < 4.78 is 10.5. The predicted molar refractivity (Wildman–Crippen MR) is 132 cm³/mol. The van der Waals surface area contributed by atoms with Gasteiger partial charge in [0.05, 0.1) is 19.8 Å². The second-order valence-electron chi connectivity index (χ2n) is 8.98. The van der Waals surface area contributed by atoms with E-state index in [0.717, 1.165) is 11.1 Å². The molecule has 5 N–H and O–H groups in total. The quantitative estimate of drug-likeness (QED) is 0.320. The number of carbonyl (C=O) groups excluding carboxylic acids is 4. The monoisotopic (exact) mass is 496 g/mol. The van der Waals surface area contributed by atoms with Crippen LogP contribution in [0.25, 0.3) is 0 Å². The maximum atomic E-state index is 13.4. The molecule has 4 amide bonds. The molecule has 10 heteroatoms. The van der Waals surface area contributed by atoms with E-state index in [4.69, 9.17) is 15.2 Å². The first-order chi connectivity index (χ1) is 17.1. The number of ketones is 1. The Hall–Kier alpha value is -3.92. The average Bonchev–Trinajstić information content (AvgIpc) is 3.61. The molecule has 1 aliphatic rings. The molecule has 4 unspecified atom stereocenters. The predicted octanol–water partition coefficient (Wildman–Crippen LogP) is 0.865. The van der Waals surface area contributed by atoms with Crippen molar-refractivity contribution >= 4 is 23.6 Å². The Labute approximate surface area is 209 Å². The van der Waals surface area contributed by atoms with Gasteiger partial charge in [0.1, 0.15) is 23.4 Å². The summed E-state index contributed by atoms with van der Waals surface area (Å²) in [5, 5.41) is 7.78. The minimum atomic E-state index is -1.03. The van der Waals surface area contributed by atoms with Crippen LogP contribution in [0.4, 0.5) is 4.79 Å². The number of hydrogen-bond donors (Lipinski definition) is 4. The summed E-state index contributed by atoms with van der Waals surface area (Å²) in [5.41, 5.74) is 5.81. The summed E-state index contributed by atoms with van der Waals surface area (Å²) >= 11 is 0. The van der Waals surface area contributed by atoms with Gasteiger partial charge in [0, 0.05) is 6.42 Å². The zero-order valence-electron chi connectivity index (χ0n) is 20.6. The number of amides is 4. The van der Waals surface area contributed by atoms with E-state index in [1.54, 1.807) is 38.3 Å². The van der Waals surface area contributed by atoms with Crippen molar-refractivity contribution in [3.05, 3.63) is 65.7 Å². The third-order valence-electron chi connectivity index (χ3n) is 6.00. The fourth-order valence-corrected chi connectivity index (χ4v) is 3.73. The Morgan fingerprint density at radius 3 is 2.03 bits per heavy atom. The number of benzene rings is 2. The van der Waals surface area contributed by atoms with Gasteiger partial charge in [0.25, 0.3) is 0 Å². The fourth-order valence-electron chi connectivity index (χ4n) is 3.73. The van der Waals surface area contributed by atoms with E-state index in [9.17, 15) is 19.2 Å². The molecule has 2 aromatic rings. The molecule has 192 valence electrons. The molecule has 1 aliphatic heterocycles. The first-order valence-corrected chi connectivity index (χ1v) is 11.6. The van der Waals surface area contributed by atoms with Gasteiger partial charge in [0.15, 0.2) is 5.78 Å². The highest BCUT2D eigenvalue weighted by Crippen LogP contribution is 2.29. The Morgan fingerprint density at radius 1 is 0.917 bits per heavy atom. The first-order valence-electron chi connectivity index (χ1n) is 11.6. The molecule has 0 aliphatic carbocycles. The second-order valence-corrected chi connectivity index (χ2v) is 8.98. The van der Waals surface area contributed by atoms with Gasteiger partial charge < -0.3 is 31.2 Å². The van der Waals surface area contributed by atoms with Crippen LogP contribution < -0.4 is 26.4 Å². The maximum absolute atomic E-state index is 13.4. The van der Waals surface area contributed by atoms with Crippen LogP contribution in [-0.4, -0.2) is 61.1 Å². The second kappa shape index (κ2) is 11.7. The van der Waals surface area contributed by atoms with Crippen molar-refractivity contribution in [1.82, 2.24) is 16.0 Å². The molecule has 0 bridgehead atoms. The van der Waals surface area contributed by atoms with E-state index >= 15 is 0 Å². The van der Waals surface area contributed by atoms with Gasteiger partial charge in [-0.15, -0.1) is 0 Å². The standard InChI is InChI=1S/C26H32N4O6/c1-16(28-25(27)34)23(32)30-21(14-18-9-11-19(35-3)12-10-18)24(33)29-20(22(31)26(2)15-36-26)13-17-7-5-4-6-8-17/h4-12,16,20-21H,13-15H2,1-3H3,(H,29,33)(H,30,32)(H3,27,28,34). The molecule has 2 aromatic carbocycles. The number of nitrogens with one attached hydrogen (secondary N) is 3. The SMILES string of the molecule is COc1ccc(CC(NC(=O)C(C)NC(N)=O)C(=O)NC(Cc2ccccc2)C(=O)C2(C)CO2)cc1. The van der Waals surface area contributed by atoms with Crippen molar-refractivity contribution in [3.8, 4) is 5.75 Å². The van der Waals surface area contributed by atoms with E-state index < -0.39 is 41.6 Å². The molecule has 0 radical (unpaired) electrons. The number of methoxy groups -OCH3 is 1. The Kier molecular flexibility index (Phi) is 8.65. The van der Waals surface area contributed by atoms with Crippen LogP contribution in [0.15, 0.2) is 54.6 Å². The molecular formula is C26H32N4O6. The minimum absolute atomic E-state index is 0.144. The molecule has 1 fully saturated rings. The molecule has 10 nitrogen and oxygen atoms in total. The molecule has 0 saturated carbocycles. The lowest BCUT2D eigenvalue weighted by Gasteiger charge is -2.25. The van der Waals surface area contributed by atoms with Crippen molar-refractivity contribution in [1.29, 1.82) is 0 Å². The summed E-state index contributed by atoms with van der Waals surface area (Å²) in [6.45, 7) is 3.43. The van der Waals surface area contributed by atoms with Crippen LogP contribution in [0.5, 0.6) is 5.75 Å². The van der Waals surface area contributed by atoms with Gasteiger partial charge in [-0.2, -0.15) is 0 Å². The lowest BCUT2D eigenvalue weighted by Crippen LogP contribution is -2.57. The highest BCUT2D eigenvalue weighted by atomic mass is 16.6. The van der Waals surface area contributed by atoms with E-state index in [1.807, 2.05) is 30.3 Å². The zero-order valence-corrected chi connectivity index (χ0v) is 20.6. The van der Waals surface area contributed by atoms with Gasteiger partial charge in [-0.05, 0) is 43.5 Å². The lowest BCUT2D eigenvalue weighted by atomic mass is 9.94. The minimum Gasteiger partial charge on any atom is -0.497 e. The maximum Gasteiger partial charge on any atom is 0.312 e. The number of ether oxygens (including phenoxy) is 2. The zero-order chi connectivity index (χ0) is 26.3. The third-order valence-corrected chi connectivity index (χ3v) is 6.00. The van der Waals surface area contributed by atoms with Gasteiger partial charge in [0.2, 0.25) is 11.8 Å². The van der Waals surface area contributed by atoms with Gasteiger partial charge >= 0.3 is 6.03 Å². The molecule has 36 heavy (non-hydrogen) atoms. The molecule has 4 atom stereocenters. The highest BCUT2D eigenvalue weighted by Gasteiger charge is 2.50. The number of rotatable bonds is 12. The van der Waals surface area contributed by atoms with Crippen LogP contribution >= 0.6 is 0 Å². The van der Waals surface area contributed by atoms with Crippen molar-refractivity contribution < 1.29 is 28.7 Å². The Bertz CT molecular complexity index is 1090. The normalized spacial score (nSPS) is 18.8. The smallest absolute Gasteiger partial charge is 0.312 e. The number of urea groups is 1. The molecule has 1 saturated heterocycles. The van der Waals surface area contributed by atoms with Crippen LogP contribution in [0.1, 0.15) is 25.0 Å². The lowest BCUT2D eigenvalue weighted by molar-refractivity contribution is -0.133. The summed E-state index contributed by atoms with van der Waals surface area (Å²) in [4.78, 5) is 50.5. The number of carbonyl (C=O) groups is 4. The van der Waals surface area contributed by atoms with E-state index in [-0.39, 0.29) is 25.2 Å². The van der Waals surface area contributed by atoms with E-state index in [2.05, 4.69) is 16.0 Å². The summed E-state index contributed by atoms with van der Waals surface area (Å²) in [5.74, 6) is -0.720. The molecular weight excluding hydrogens is 464 g/mol. The largest absolute Gasteiger partial charge is 0.497 e. The van der Waals surface area contributed by atoms with Crippen molar-refractivity contribution in [3.63, 3.8) is 0 Å². The van der Waals surface area contributed by atoms with Crippen LogP contribution in [0, 0.1) is 0 Å². The fraction of sp³-hybridized carbons (Fsp3) is 0.385. The van der Waals surface area contributed by atoms with Crippen molar-refractivity contribution in [2.75, 3.05) is 13.7 Å². The number of epoxide rings is 1. The third kappa shape index (κ3) is 7.29. The van der Waals surface area contributed by atoms with E-state index in [1.165, 1.54) is 6.92 Å². The van der Waals surface area contributed by atoms with Crippen LogP contribution in [-0.2, 0) is 32.0 Å². The molecule has 0 spiro atoms. The van der Waals surface area contributed by atoms with Crippen LogP contribution in [0.3, 0.4) is 0 Å². The first kappa shape index (κ1) is 26.7. The summed E-state index contributed by atoms with van der Waals surface area (Å²) in [7, 11) is 1.55.